The van der Waals surface area contributed by atoms with E-state index in [9.17, 15) is 0 Å². The zero-order chi connectivity index (χ0) is 58.1. The van der Waals surface area contributed by atoms with E-state index in [2.05, 4.69) is 305 Å². The third-order valence-electron chi connectivity index (χ3n) is 17.8. The van der Waals surface area contributed by atoms with Crippen molar-refractivity contribution < 1.29 is 0 Å². The van der Waals surface area contributed by atoms with Crippen LogP contribution in [0.3, 0.4) is 0 Å². The van der Waals surface area contributed by atoms with Gasteiger partial charge in [0, 0.05) is 66.1 Å². The first kappa shape index (κ1) is 51.0. The average Bonchev–Trinajstić information content (AvgIpc) is 1.83. The minimum atomic E-state index is -3.00. The molecule has 0 bridgehead atoms. The Morgan fingerprint density at radius 3 is 0.955 bits per heavy atom. The van der Waals surface area contributed by atoms with Gasteiger partial charge >= 0.3 is 0 Å². The summed E-state index contributed by atoms with van der Waals surface area (Å²) in [6.45, 7) is 0. The summed E-state index contributed by atoms with van der Waals surface area (Å²) in [5, 5.41) is 12.4. The fraction of sp³-hybridized carbons (Fsp3) is 0. The smallest absolute Gasteiger partial charge is 0.179 e. The molecule has 0 atom stereocenters. The third-order valence-corrected chi connectivity index (χ3v) is 22.6. The Morgan fingerprint density at radius 1 is 0.205 bits per heavy atom. The molecule has 0 unspecified atom stereocenters. The van der Waals surface area contributed by atoms with E-state index in [0.29, 0.717) is 17.5 Å². The van der Waals surface area contributed by atoms with Crippen LogP contribution in [-0.4, -0.2) is 36.7 Å². The number of para-hydroxylation sites is 4. The normalized spacial score (nSPS) is 11.9. The van der Waals surface area contributed by atoms with Crippen molar-refractivity contribution in [1.82, 2.24) is 28.7 Å². The van der Waals surface area contributed by atoms with Crippen LogP contribution in [0.1, 0.15) is 0 Å². The fourth-order valence-corrected chi connectivity index (χ4v) is 18.8. The molecule has 0 radical (unpaired) electrons. The quantitative estimate of drug-likeness (QED) is 0.0958. The number of fused-ring (bicyclic) bond motifs is 9. The fourth-order valence-electron chi connectivity index (χ4n) is 14.0. The maximum absolute atomic E-state index is 5.45. The lowest BCUT2D eigenvalue weighted by atomic mass is 9.98. The highest BCUT2D eigenvalue weighted by atomic mass is 28.3. The molecule has 0 aliphatic rings. The van der Waals surface area contributed by atoms with Crippen LogP contribution in [0.2, 0.25) is 0 Å². The molecular formula is C81H54N6Si. The minimum Gasteiger partial charge on any atom is -0.309 e. The minimum absolute atomic E-state index is 0.585. The first-order chi connectivity index (χ1) is 43.7. The summed E-state index contributed by atoms with van der Waals surface area (Å²) in [7, 11) is -3.00. The van der Waals surface area contributed by atoms with E-state index in [1.165, 1.54) is 42.3 Å². The lowest BCUT2D eigenvalue weighted by Crippen LogP contribution is -2.74. The van der Waals surface area contributed by atoms with Gasteiger partial charge in [0.15, 0.2) is 25.5 Å². The highest BCUT2D eigenvalue weighted by Crippen LogP contribution is 2.42. The predicted octanol–water partition coefficient (Wildman–Crippen LogP) is 17.2. The van der Waals surface area contributed by atoms with Gasteiger partial charge in [-0.25, -0.2) is 15.0 Å². The Kier molecular flexibility index (Phi) is 12.1. The molecular weight excluding hydrogens is 1090 g/mol. The molecule has 412 valence electrons. The molecule has 4 heterocycles. The first-order valence-corrected chi connectivity index (χ1v) is 32.0. The van der Waals surface area contributed by atoms with E-state index in [0.717, 1.165) is 88.8 Å². The van der Waals surface area contributed by atoms with Gasteiger partial charge in [-0.05, 0) is 98.6 Å². The van der Waals surface area contributed by atoms with E-state index in [4.69, 9.17) is 15.0 Å². The Morgan fingerprint density at radius 2 is 0.523 bits per heavy atom. The number of nitrogens with zero attached hydrogens (tertiary/aromatic N) is 6. The Labute approximate surface area is 509 Å². The van der Waals surface area contributed by atoms with Crippen molar-refractivity contribution in [1.29, 1.82) is 0 Å². The van der Waals surface area contributed by atoms with Crippen LogP contribution in [-0.2, 0) is 0 Å². The van der Waals surface area contributed by atoms with Gasteiger partial charge in [0.2, 0.25) is 0 Å². The Bertz CT molecular complexity index is 5070. The number of rotatable bonds is 11. The number of hydrogen-bond acceptors (Lipinski definition) is 3. The van der Waals surface area contributed by atoms with Gasteiger partial charge in [0.05, 0.1) is 33.1 Å². The summed E-state index contributed by atoms with van der Waals surface area (Å²) in [4.78, 5) is 16.1. The van der Waals surface area contributed by atoms with Gasteiger partial charge in [-0.3, -0.25) is 0 Å². The molecule has 0 aliphatic heterocycles. The molecule has 0 amide bonds. The molecule has 0 fully saturated rings. The standard InChI is InChI=1S/C81H54N6Si/c1-6-25-55(26-7-1)79-82-80(56-27-8-2-9-28-56)84-81(83-79)71-50-47-58(52-72(71)57-29-24-36-64(51-57)88(61-30-10-3-11-31-61,62-32-12-4-13-33-62)63-34-14-5-15-35-63)87-77-53-59(85-73-41-20-16-37-65(73)66-38-17-21-42-74(66)85)45-48-69(77)70-49-46-60(54-78(70)87)86-75-43-22-18-39-67(75)68-40-19-23-44-76(68)86/h1-54H. The van der Waals surface area contributed by atoms with Gasteiger partial charge in [0.1, 0.15) is 0 Å². The zero-order valence-electron chi connectivity index (χ0n) is 47.9. The molecule has 4 aromatic heterocycles. The van der Waals surface area contributed by atoms with Crippen molar-refractivity contribution in [2.45, 2.75) is 0 Å². The lowest BCUT2D eigenvalue weighted by Gasteiger charge is -2.34. The monoisotopic (exact) mass is 1140 g/mol. The summed E-state index contributed by atoms with van der Waals surface area (Å²) >= 11 is 0. The molecule has 0 saturated heterocycles. The van der Waals surface area contributed by atoms with E-state index in [-0.39, 0.29) is 0 Å². The maximum Gasteiger partial charge on any atom is 0.179 e. The largest absolute Gasteiger partial charge is 0.309 e. The van der Waals surface area contributed by atoms with Gasteiger partial charge < -0.3 is 13.7 Å². The molecule has 88 heavy (non-hydrogen) atoms. The van der Waals surface area contributed by atoms with Crippen molar-refractivity contribution in [3.05, 3.63) is 328 Å². The molecule has 0 N–H and O–H groups in total. The van der Waals surface area contributed by atoms with Crippen LogP contribution in [0.15, 0.2) is 328 Å². The molecule has 7 heteroatoms. The summed E-state index contributed by atoms with van der Waals surface area (Å²) < 4.78 is 7.34. The third kappa shape index (κ3) is 8.20. The van der Waals surface area contributed by atoms with Crippen molar-refractivity contribution in [3.8, 4) is 62.4 Å². The summed E-state index contributed by atoms with van der Waals surface area (Å²) in [5.74, 6) is 1.80. The van der Waals surface area contributed by atoms with Crippen molar-refractivity contribution in [2.24, 2.45) is 0 Å². The summed E-state index contributed by atoms with van der Waals surface area (Å²) in [6, 6.07) is 119. The molecule has 17 rings (SSSR count). The molecule has 13 aromatic carbocycles. The van der Waals surface area contributed by atoms with Crippen molar-refractivity contribution in [3.63, 3.8) is 0 Å². The zero-order valence-corrected chi connectivity index (χ0v) is 48.9. The SMILES string of the molecule is c1ccc(-c2nc(-c3ccccc3)nc(-c3ccc(-n4c5cc(-n6c7ccccc7c7ccccc76)ccc5c5ccc(-n6c7ccccc7c7ccccc76)cc54)cc3-c3cccc([Si](c4ccccc4)(c4ccccc4)c4ccccc4)c3)n2)cc1. The molecule has 6 nitrogen and oxygen atoms in total. The van der Waals surface area contributed by atoms with Crippen molar-refractivity contribution >= 4 is 94.2 Å². The first-order valence-electron chi connectivity index (χ1n) is 30.0. The number of hydrogen-bond donors (Lipinski definition) is 0. The predicted molar refractivity (Wildman–Crippen MR) is 368 cm³/mol. The summed E-state index contributed by atoms with van der Waals surface area (Å²) in [5.41, 5.74) is 14.7. The van der Waals surface area contributed by atoms with E-state index >= 15 is 0 Å². The molecule has 0 aliphatic carbocycles. The molecule has 17 aromatic rings. The number of aromatic nitrogens is 6. The van der Waals surface area contributed by atoms with Crippen LogP contribution in [0.25, 0.3) is 128 Å². The molecule has 0 saturated carbocycles. The second-order valence-electron chi connectivity index (χ2n) is 22.7. The van der Waals surface area contributed by atoms with Crippen molar-refractivity contribution in [2.75, 3.05) is 0 Å². The van der Waals surface area contributed by atoms with Gasteiger partial charge in [-0.1, -0.05) is 261 Å². The van der Waals surface area contributed by atoms with Crippen LogP contribution < -0.4 is 20.7 Å². The molecule has 0 spiro atoms. The summed E-state index contributed by atoms with van der Waals surface area (Å²) in [6.07, 6.45) is 0. The highest BCUT2D eigenvalue weighted by molar-refractivity contribution is 7.20. The van der Waals surface area contributed by atoms with E-state index < -0.39 is 8.07 Å². The van der Waals surface area contributed by atoms with E-state index in [1.807, 2.05) is 36.4 Å². The van der Waals surface area contributed by atoms with Gasteiger partial charge in [-0.2, -0.15) is 0 Å². The van der Waals surface area contributed by atoms with Crippen LogP contribution in [0, 0.1) is 0 Å². The Balaban J connectivity index is 0.972. The second-order valence-corrected chi connectivity index (χ2v) is 26.5. The topological polar surface area (TPSA) is 53.5 Å². The number of benzene rings is 13. The lowest BCUT2D eigenvalue weighted by molar-refractivity contribution is 1.07. The van der Waals surface area contributed by atoms with Gasteiger partial charge in [-0.15, -0.1) is 0 Å². The average molecular weight is 1140 g/mol. The highest BCUT2D eigenvalue weighted by Gasteiger charge is 2.41. The maximum atomic E-state index is 5.45. The van der Waals surface area contributed by atoms with Gasteiger partial charge in [0.25, 0.3) is 0 Å². The van der Waals surface area contributed by atoms with Crippen LogP contribution in [0.5, 0.6) is 0 Å². The second kappa shape index (κ2) is 20.9. The Hall–Kier alpha value is -11.5. The van der Waals surface area contributed by atoms with Crippen LogP contribution in [0.4, 0.5) is 0 Å². The van der Waals surface area contributed by atoms with Crippen LogP contribution >= 0.6 is 0 Å². The van der Waals surface area contributed by atoms with E-state index in [1.54, 1.807) is 0 Å².